The molecule has 1 aliphatic rings. The Hall–Kier alpha value is -1.22. The second-order valence-electron chi connectivity index (χ2n) is 5.86. The highest BCUT2D eigenvalue weighted by molar-refractivity contribution is 5.42. The lowest BCUT2D eigenvalue weighted by Gasteiger charge is -2.31. The minimum atomic E-state index is 0.661. The van der Waals surface area contributed by atoms with Crippen LogP contribution in [0.15, 0.2) is 18.2 Å². The van der Waals surface area contributed by atoms with Crippen LogP contribution in [0.25, 0.3) is 0 Å². The van der Waals surface area contributed by atoms with Gasteiger partial charge in [0.25, 0.3) is 0 Å². The number of hydrogen-bond acceptors (Lipinski definition) is 3. The zero-order chi connectivity index (χ0) is 15.1. The van der Waals surface area contributed by atoms with Crippen LogP contribution in [-0.4, -0.2) is 19.8 Å². The lowest BCUT2D eigenvalue weighted by Crippen LogP contribution is -2.37. The molecule has 3 heteroatoms. The van der Waals surface area contributed by atoms with E-state index in [1.165, 1.54) is 37.7 Å². The molecule has 3 nitrogen and oxygen atoms in total. The molecule has 0 aromatic heterocycles. The van der Waals surface area contributed by atoms with Crippen molar-refractivity contribution in [3.63, 3.8) is 0 Å². The van der Waals surface area contributed by atoms with Crippen molar-refractivity contribution in [1.29, 1.82) is 0 Å². The molecule has 1 aromatic carbocycles. The van der Waals surface area contributed by atoms with Crippen LogP contribution >= 0.6 is 0 Å². The van der Waals surface area contributed by atoms with Gasteiger partial charge in [-0.05, 0) is 43.4 Å². The van der Waals surface area contributed by atoms with E-state index in [0.29, 0.717) is 12.6 Å². The first-order valence-corrected chi connectivity index (χ1v) is 8.31. The van der Waals surface area contributed by atoms with Crippen molar-refractivity contribution in [1.82, 2.24) is 5.32 Å². The van der Waals surface area contributed by atoms with Crippen LogP contribution in [0.2, 0.25) is 0 Å². The van der Waals surface area contributed by atoms with Crippen molar-refractivity contribution in [2.75, 3.05) is 13.7 Å². The van der Waals surface area contributed by atoms with E-state index in [9.17, 15) is 0 Å². The number of ether oxygens (including phenoxy) is 2. The standard InChI is InChI=1S/C18H29NO2/c1-4-15-8-6-7-9-16(15)19-13-14-10-11-17(21-5-2)18(12-14)20-3/h10-12,15-16,19H,4-9,13H2,1-3H3. The van der Waals surface area contributed by atoms with Gasteiger partial charge in [0.2, 0.25) is 0 Å². The lowest BCUT2D eigenvalue weighted by molar-refractivity contribution is 0.254. The highest BCUT2D eigenvalue weighted by Gasteiger charge is 2.22. The molecule has 1 N–H and O–H groups in total. The Kier molecular flexibility index (Phi) is 6.37. The van der Waals surface area contributed by atoms with Crippen molar-refractivity contribution >= 4 is 0 Å². The van der Waals surface area contributed by atoms with Gasteiger partial charge in [-0.15, -0.1) is 0 Å². The van der Waals surface area contributed by atoms with Gasteiger partial charge in [-0.3, -0.25) is 0 Å². The lowest BCUT2D eigenvalue weighted by atomic mass is 9.83. The van der Waals surface area contributed by atoms with Crippen LogP contribution in [0.4, 0.5) is 0 Å². The topological polar surface area (TPSA) is 30.5 Å². The van der Waals surface area contributed by atoms with Crippen LogP contribution in [0, 0.1) is 5.92 Å². The summed E-state index contributed by atoms with van der Waals surface area (Å²) in [5.41, 5.74) is 1.26. The monoisotopic (exact) mass is 291 g/mol. The smallest absolute Gasteiger partial charge is 0.161 e. The minimum Gasteiger partial charge on any atom is -0.493 e. The highest BCUT2D eigenvalue weighted by Crippen LogP contribution is 2.29. The third-order valence-electron chi connectivity index (χ3n) is 4.53. The normalized spacial score (nSPS) is 22.0. The van der Waals surface area contributed by atoms with E-state index in [0.717, 1.165) is 24.0 Å². The molecule has 0 amide bonds. The van der Waals surface area contributed by atoms with Gasteiger partial charge in [0.05, 0.1) is 13.7 Å². The molecule has 2 unspecified atom stereocenters. The van der Waals surface area contributed by atoms with Crippen LogP contribution < -0.4 is 14.8 Å². The molecule has 2 rings (SSSR count). The maximum absolute atomic E-state index is 5.57. The Balaban J connectivity index is 1.96. The Morgan fingerprint density at radius 2 is 1.95 bits per heavy atom. The third-order valence-corrected chi connectivity index (χ3v) is 4.53. The molecular formula is C18H29NO2. The fraction of sp³-hybridized carbons (Fsp3) is 0.667. The van der Waals surface area contributed by atoms with E-state index in [-0.39, 0.29) is 0 Å². The first-order valence-electron chi connectivity index (χ1n) is 8.31. The zero-order valence-electron chi connectivity index (χ0n) is 13.7. The maximum Gasteiger partial charge on any atom is 0.161 e. The molecule has 1 aliphatic carbocycles. The van der Waals surface area contributed by atoms with Gasteiger partial charge in [0, 0.05) is 12.6 Å². The zero-order valence-corrected chi connectivity index (χ0v) is 13.7. The predicted octanol–water partition coefficient (Wildman–Crippen LogP) is 4.15. The minimum absolute atomic E-state index is 0.661. The number of rotatable bonds is 7. The summed E-state index contributed by atoms with van der Waals surface area (Å²) < 4.78 is 11.0. The van der Waals surface area contributed by atoms with E-state index < -0.39 is 0 Å². The Bertz CT molecular complexity index is 433. The van der Waals surface area contributed by atoms with Gasteiger partial charge in [-0.2, -0.15) is 0 Å². The highest BCUT2D eigenvalue weighted by atomic mass is 16.5. The Morgan fingerprint density at radius 3 is 2.67 bits per heavy atom. The molecule has 0 aliphatic heterocycles. The average molecular weight is 291 g/mol. The summed E-state index contributed by atoms with van der Waals surface area (Å²) in [6.07, 6.45) is 6.73. The van der Waals surface area contributed by atoms with E-state index in [1.807, 2.05) is 13.0 Å². The molecule has 0 heterocycles. The fourth-order valence-corrected chi connectivity index (χ4v) is 3.31. The van der Waals surface area contributed by atoms with Crippen molar-refractivity contribution in [3.05, 3.63) is 23.8 Å². The molecule has 0 spiro atoms. The average Bonchev–Trinajstić information content (AvgIpc) is 2.54. The summed E-state index contributed by atoms with van der Waals surface area (Å²) in [4.78, 5) is 0. The van der Waals surface area contributed by atoms with Gasteiger partial charge in [0.15, 0.2) is 11.5 Å². The van der Waals surface area contributed by atoms with Crippen LogP contribution in [0.3, 0.4) is 0 Å². The quantitative estimate of drug-likeness (QED) is 0.818. The summed E-state index contributed by atoms with van der Waals surface area (Å²) in [6.45, 7) is 5.87. The molecular weight excluding hydrogens is 262 g/mol. The van der Waals surface area contributed by atoms with Gasteiger partial charge in [-0.1, -0.05) is 32.3 Å². The SMILES string of the molecule is CCOc1ccc(CNC2CCCCC2CC)cc1OC. The fourth-order valence-electron chi connectivity index (χ4n) is 3.31. The number of hydrogen-bond donors (Lipinski definition) is 1. The Morgan fingerprint density at radius 1 is 1.14 bits per heavy atom. The summed E-state index contributed by atoms with van der Waals surface area (Å²) >= 11 is 0. The van der Waals surface area contributed by atoms with E-state index in [4.69, 9.17) is 9.47 Å². The summed E-state index contributed by atoms with van der Waals surface area (Å²) in [5, 5.41) is 3.75. The molecule has 0 saturated heterocycles. The molecule has 1 aromatic rings. The molecule has 1 saturated carbocycles. The second-order valence-corrected chi connectivity index (χ2v) is 5.86. The Labute approximate surface area is 129 Å². The first-order chi connectivity index (χ1) is 10.3. The molecule has 2 atom stereocenters. The largest absolute Gasteiger partial charge is 0.493 e. The van der Waals surface area contributed by atoms with Crippen molar-refractivity contribution in [3.8, 4) is 11.5 Å². The van der Waals surface area contributed by atoms with Crippen LogP contribution in [-0.2, 0) is 6.54 Å². The molecule has 0 bridgehead atoms. The molecule has 21 heavy (non-hydrogen) atoms. The summed E-state index contributed by atoms with van der Waals surface area (Å²) in [7, 11) is 1.70. The predicted molar refractivity (Wildman–Crippen MR) is 87.0 cm³/mol. The number of nitrogens with one attached hydrogen (secondary N) is 1. The number of methoxy groups -OCH3 is 1. The maximum atomic E-state index is 5.57. The van der Waals surface area contributed by atoms with Crippen molar-refractivity contribution in [2.45, 2.75) is 58.5 Å². The van der Waals surface area contributed by atoms with E-state index in [1.54, 1.807) is 7.11 Å². The van der Waals surface area contributed by atoms with Crippen molar-refractivity contribution in [2.24, 2.45) is 5.92 Å². The number of benzene rings is 1. The summed E-state index contributed by atoms with van der Waals surface area (Å²) in [5.74, 6) is 2.49. The molecule has 0 radical (unpaired) electrons. The third kappa shape index (κ3) is 4.37. The van der Waals surface area contributed by atoms with Gasteiger partial charge in [-0.25, -0.2) is 0 Å². The van der Waals surface area contributed by atoms with Crippen LogP contribution in [0.5, 0.6) is 11.5 Å². The molecule has 118 valence electrons. The van der Waals surface area contributed by atoms with E-state index >= 15 is 0 Å². The van der Waals surface area contributed by atoms with Gasteiger partial charge in [0.1, 0.15) is 0 Å². The molecule has 1 fully saturated rings. The van der Waals surface area contributed by atoms with Crippen LogP contribution in [0.1, 0.15) is 51.5 Å². The van der Waals surface area contributed by atoms with Crippen molar-refractivity contribution < 1.29 is 9.47 Å². The van der Waals surface area contributed by atoms with E-state index in [2.05, 4.69) is 24.4 Å². The first kappa shape index (κ1) is 16.2. The van der Waals surface area contributed by atoms with Gasteiger partial charge >= 0.3 is 0 Å². The van der Waals surface area contributed by atoms with Gasteiger partial charge < -0.3 is 14.8 Å². The summed E-state index contributed by atoms with van der Waals surface area (Å²) in [6, 6.07) is 6.89. The second kappa shape index (κ2) is 8.28.